The van der Waals surface area contributed by atoms with Crippen LogP contribution < -0.4 is 15.9 Å². The van der Waals surface area contributed by atoms with Gasteiger partial charge in [-0.25, -0.2) is 0 Å². The van der Waals surface area contributed by atoms with Crippen molar-refractivity contribution in [2.24, 2.45) is 5.92 Å². The Labute approximate surface area is 175 Å². The van der Waals surface area contributed by atoms with E-state index < -0.39 is 6.89 Å². The Bertz CT molecular complexity index is 836. The van der Waals surface area contributed by atoms with Gasteiger partial charge in [-0.15, -0.1) is 0 Å². The molecule has 0 bridgehead atoms. The van der Waals surface area contributed by atoms with E-state index in [4.69, 9.17) is 0 Å². The van der Waals surface area contributed by atoms with Crippen LogP contribution in [0.15, 0.2) is 91.0 Å². The van der Waals surface area contributed by atoms with Crippen molar-refractivity contribution in [3.05, 3.63) is 91.0 Å². The quantitative estimate of drug-likeness (QED) is 0.428. The first kappa shape index (κ1) is 21.3. The van der Waals surface area contributed by atoms with Gasteiger partial charge in [-0.1, -0.05) is 118 Å². The summed E-state index contributed by atoms with van der Waals surface area (Å²) in [5.74, 6) is 2.53. The maximum Gasteiger partial charge on any atom is 0.159 e. The third kappa shape index (κ3) is 4.80. The molecule has 0 atom stereocenters. The van der Waals surface area contributed by atoms with E-state index in [-0.39, 0.29) is 5.92 Å². The number of carbonyl (C=O) groups excluding carboxylic acids is 1. The van der Waals surface area contributed by atoms with Crippen molar-refractivity contribution in [1.82, 2.24) is 0 Å². The summed E-state index contributed by atoms with van der Waals surface area (Å²) in [4.78, 5) is 13.6. The van der Waals surface area contributed by atoms with E-state index in [1.54, 1.807) is 0 Å². The highest BCUT2D eigenvalue weighted by atomic mass is 31.2. The predicted octanol–water partition coefficient (Wildman–Crippen LogP) is 5.57. The molecule has 0 spiro atoms. The molecule has 150 valence electrons. The third-order valence-electron chi connectivity index (χ3n) is 5.49. The molecular formula is C27H31OP. The first-order valence-electron chi connectivity index (χ1n) is 10.7. The molecule has 0 saturated carbocycles. The van der Waals surface area contributed by atoms with Gasteiger partial charge in [-0.05, 0) is 41.4 Å². The third-order valence-corrected chi connectivity index (χ3v) is 9.47. The zero-order chi connectivity index (χ0) is 20.5. The van der Waals surface area contributed by atoms with Crippen LogP contribution in [0.3, 0.4) is 0 Å². The molecule has 0 amide bonds. The summed E-state index contributed by atoms with van der Waals surface area (Å²) in [5, 5.41) is 3.70. The van der Waals surface area contributed by atoms with Crippen LogP contribution in [0.1, 0.15) is 39.5 Å². The molecule has 0 aromatic heterocycles. The molecule has 3 aromatic rings. The molecule has 0 aliphatic rings. The fourth-order valence-corrected chi connectivity index (χ4v) is 7.94. The van der Waals surface area contributed by atoms with Gasteiger partial charge in [0.1, 0.15) is 0 Å². The summed E-state index contributed by atoms with van der Waals surface area (Å²) in [6.45, 7) is 2.16. The Hall–Kier alpha value is -2.37. The van der Waals surface area contributed by atoms with Gasteiger partial charge in [-0.2, -0.15) is 0 Å². The van der Waals surface area contributed by atoms with Gasteiger partial charge in [0.15, 0.2) is 5.78 Å². The van der Waals surface area contributed by atoms with Crippen molar-refractivity contribution in [2.75, 3.05) is 0 Å². The molecule has 0 aliphatic carbocycles. The second-order valence-corrected chi connectivity index (χ2v) is 10.8. The minimum absolute atomic E-state index is 0.112. The van der Waals surface area contributed by atoms with Crippen LogP contribution in [0.5, 0.6) is 0 Å². The lowest BCUT2D eigenvalue weighted by molar-refractivity contribution is -0.116. The number of carbonyl (C=O) groups is 1. The normalized spacial score (nSPS) is 11.4. The Morgan fingerprint density at radius 2 is 1.03 bits per heavy atom. The summed E-state index contributed by atoms with van der Waals surface area (Å²) in [7, 11) is 0. The molecule has 29 heavy (non-hydrogen) atoms. The molecule has 3 aromatic carbocycles. The summed E-state index contributed by atoms with van der Waals surface area (Å²) in [5.41, 5.74) is 0. The van der Waals surface area contributed by atoms with Crippen LogP contribution in [0.4, 0.5) is 0 Å². The molecule has 1 nitrogen and oxygen atoms in total. The highest BCUT2D eigenvalue weighted by molar-refractivity contribution is 7.95. The number of Topliss-reactive ketones (excluding diaryl/α,β-unsaturated/α-hetero) is 1. The topological polar surface area (TPSA) is 17.1 Å². The highest BCUT2D eigenvalue weighted by Crippen LogP contribution is 2.44. The molecule has 3 rings (SSSR count). The second kappa shape index (κ2) is 10.4. The molecule has 0 heterocycles. The average molecular weight is 403 g/mol. The maximum absolute atomic E-state index is 13.6. The first-order valence-corrected chi connectivity index (χ1v) is 12.5. The number of rotatable bonds is 9. The molecule has 0 radical (unpaired) electrons. The molecule has 2 heteroatoms. The molecule has 0 unspecified atom stereocenters. The molecule has 0 N–H and O–H groups in total. The lowest BCUT2D eigenvalue weighted by Gasteiger charge is -2.29. The number of benzene rings is 3. The zero-order valence-corrected chi connectivity index (χ0v) is 18.4. The van der Waals surface area contributed by atoms with Crippen LogP contribution >= 0.6 is 6.89 Å². The molecule has 0 saturated heterocycles. The van der Waals surface area contributed by atoms with Crippen molar-refractivity contribution in [3.8, 4) is 0 Å². The molecular weight excluding hydrogens is 371 g/mol. The SMILES string of the molecule is CCCC(CCC)C(=O)C=P(c1ccccc1)(c1ccccc1)c1ccccc1. The highest BCUT2D eigenvalue weighted by Gasteiger charge is 2.28. The van der Waals surface area contributed by atoms with Crippen molar-refractivity contribution in [1.29, 1.82) is 0 Å². The van der Waals surface area contributed by atoms with Crippen molar-refractivity contribution in [3.63, 3.8) is 0 Å². The Kier molecular flexibility index (Phi) is 7.67. The largest absolute Gasteiger partial charge is 0.294 e. The summed E-state index contributed by atoms with van der Waals surface area (Å²) in [6.07, 6.45) is 4.00. The van der Waals surface area contributed by atoms with E-state index in [9.17, 15) is 4.79 Å². The molecule has 0 aliphatic heterocycles. The van der Waals surface area contributed by atoms with Crippen LogP contribution in [0, 0.1) is 5.92 Å². The van der Waals surface area contributed by atoms with Gasteiger partial charge in [0.2, 0.25) is 0 Å². The van der Waals surface area contributed by atoms with Crippen LogP contribution in [-0.2, 0) is 4.79 Å². The van der Waals surface area contributed by atoms with E-state index in [1.807, 2.05) is 18.2 Å². The number of ketones is 1. The van der Waals surface area contributed by atoms with Crippen molar-refractivity contribution >= 4 is 34.4 Å². The average Bonchev–Trinajstić information content (AvgIpc) is 2.79. The number of hydrogen-bond acceptors (Lipinski definition) is 1. The van der Waals surface area contributed by atoms with Gasteiger partial charge >= 0.3 is 0 Å². The minimum atomic E-state index is -2.19. The Morgan fingerprint density at radius 3 is 1.34 bits per heavy atom. The number of hydrogen-bond donors (Lipinski definition) is 0. The maximum atomic E-state index is 13.6. The van der Waals surface area contributed by atoms with Crippen LogP contribution in [0.25, 0.3) is 0 Å². The second-order valence-electron chi connectivity index (χ2n) is 7.54. The van der Waals surface area contributed by atoms with E-state index >= 15 is 0 Å². The van der Waals surface area contributed by atoms with Crippen LogP contribution in [-0.4, -0.2) is 11.6 Å². The standard InChI is InChI=1S/C27H31OP/c1-3-14-23(15-4-2)27(28)22-29(24-16-8-5-9-17-24,25-18-10-6-11-19-25)26-20-12-7-13-21-26/h5-13,16-23H,3-4,14-15H2,1-2H3. The van der Waals surface area contributed by atoms with E-state index in [2.05, 4.69) is 92.4 Å². The van der Waals surface area contributed by atoms with E-state index in [0.29, 0.717) is 5.78 Å². The fourth-order valence-electron chi connectivity index (χ4n) is 4.08. The lowest BCUT2D eigenvalue weighted by atomic mass is 9.95. The van der Waals surface area contributed by atoms with E-state index in [1.165, 1.54) is 15.9 Å². The molecule has 0 fully saturated rings. The lowest BCUT2D eigenvalue weighted by Crippen LogP contribution is -2.30. The summed E-state index contributed by atoms with van der Waals surface area (Å²) >= 11 is 0. The predicted molar refractivity (Wildman–Crippen MR) is 130 cm³/mol. The van der Waals surface area contributed by atoms with Gasteiger partial charge in [0.25, 0.3) is 0 Å². The smallest absolute Gasteiger partial charge is 0.159 e. The monoisotopic (exact) mass is 402 g/mol. The van der Waals surface area contributed by atoms with E-state index in [0.717, 1.165) is 25.7 Å². The zero-order valence-electron chi connectivity index (χ0n) is 17.5. The first-order chi connectivity index (χ1) is 14.2. The van der Waals surface area contributed by atoms with Gasteiger partial charge in [0.05, 0.1) is 0 Å². The minimum Gasteiger partial charge on any atom is -0.294 e. The Balaban J connectivity index is 2.32. The summed E-state index contributed by atoms with van der Waals surface area (Å²) < 4.78 is 0. The van der Waals surface area contributed by atoms with Crippen LogP contribution in [0.2, 0.25) is 0 Å². The van der Waals surface area contributed by atoms with Crippen molar-refractivity contribution in [2.45, 2.75) is 39.5 Å². The van der Waals surface area contributed by atoms with Crippen molar-refractivity contribution < 1.29 is 4.79 Å². The summed E-state index contributed by atoms with van der Waals surface area (Å²) in [6, 6.07) is 31.8. The Morgan fingerprint density at radius 1 is 0.690 bits per heavy atom. The fraction of sp³-hybridized carbons (Fsp3) is 0.259. The van der Waals surface area contributed by atoms with Gasteiger partial charge in [-0.3, -0.25) is 4.79 Å². The van der Waals surface area contributed by atoms with Gasteiger partial charge < -0.3 is 0 Å². The van der Waals surface area contributed by atoms with Gasteiger partial charge in [0, 0.05) is 5.92 Å².